The number of benzene rings is 1. The summed E-state index contributed by atoms with van der Waals surface area (Å²) in [6.45, 7) is 5.93. The van der Waals surface area contributed by atoms with Gasteiger partial charge in [-0.25, -0.2) is 0 Å². The number of guanidine groups is 1. The van der Waals surface area contributed by atoms with Crippen LogP contribution in [0.5, 0.6) is 5.75 Å². The van der Waals surface area contributed by atoms with Gasteiger partial charge < -0.3 is 19.8 Å². The second-order valence-electron chi connectivity index (χ2n) is 6.30. The molecular weight excluding hydrogens is 429 g/mol. The molecule has 5 nitrogen and oxygen atoms in total. The number of nitrogens with one attached hydrogen (secondary N) is 2. The molecule has 138 valence electrons. The number of hydrogen-bond acceptors (Lipinski definition) is 3. The van der Waals surface area contributed by atoms with E-state index in [0.717, 1.165) is 37.0 Å². The molecule has 2 N–H and O–H groups in total. The van der Waals surface area contributed by atoms with E-state index in [1.54, 1.807) is 20.4 Å². The Balaban J connectivity index is 0.00000312. The molecule has 0 radical (unpaired) electrons. The van der Waals surface area contributed by atoms with Gasteiger partial charge in [0.1, 0.15) is 11.5 Å². The Morgan fingerprint density at radius 1 is 1.20 bits per heavy atom. The maximum Gasteiger partial charge on any atom is 0.191 e. The molecule has 25 heavy (non-hydrogen) atoms. The van der Waals surface area contributed by atoms with Gasteiger partial charge in [0.15, 0.2) is 5.96 Å². The smallest absolute Gasteiger partial charge is 0.191 e. The van der Waals surface area contributed by atoms with Crippen LogP contribution in [0.25, 0.3) is 0 Å². The molecule has 0 saturated carbocycles. The number of rotatable bonds is 7. The third-order valence-electron chi connectivity index (χ3n) is 4.02. The summed E-state index contributed by atoms with van der Waals surface area (Å²) in [6, 6.07) is 12.1. The van der Waals surface area contributed by atoms with E-state index >= 15 is 0 Å². The highest BCUT2D eigenvalue weighted by atomic mass is 127. The summed E-state index contributed by atoms with van der Waals surface area (Å²) >= 11 is 0. The third kappa shape index (κ3) is 6.61. The van der Waals surface area contributed by atoms with E-state index < -0.39 is 0 Å². The second kappa shape index (κ2) is 10.3. The first-order valence-electron chi connectivity index (χ1n) is 8.16. The van der Waals surface area contributed by atoms with Crippen molar-refractivity contribution in [3.8, 4) is 5.75 Å². The summed E-state index contributed by atoms with van der Waals surface area (Å²) in [6.07, 6.45) is 2.52. The van der Waals surface area contributed by atoms with Crippen LogP contribution in [0.15, 0.2) is 52.1 Å². The zero-order valence-electron chi connectivity index (χ0n) is 15.3. The van der Waals surface area contributed by atoms with Crippen molar-refractivity contribution in [2.45, 2.75) is 25.7 Å². The SMILES string of the molecule is CN=C(NCCc1ccco1)NCC(C)(C)c1cccc(OC)c1.I. The van der Waals surface area contributed by atoms with E-state index in [0.29, 0.717) is 0 Å². The predicted octanol–water partition coefficient (Wildman–Crippen LogP) is 3.59. The summed E-state index contributed by atoms with van der Waals surface area (Å²) in [7, 11) is 3.47. The minimum Gasteiger partial charge on any atom is -0.497 e. The van der Waals surface area contributed by atoms with Crippen LogP contribution in [0.2, 0.25) is 0 Å². The molecule has 0 amide bonds. The Labute approximate surface area is 167 Å². The fourth-order valence-corrected chi connectivity index (χ4v) is 2.43. The molecule has 0 aliphatic rings. The molecule has 1 aromatic carbocycles. The van der Waals surface area contributed by atoms with Gasteiger partial charge in [0.05, 0.1) is 13.4 Å². The maximum absolute atomic E-state index is 5.33. The molecule has 0 aliphatic carbocycles. The van der Waals surface area contributed by atoms with Crippen LogP contribution in [0.1, 0.15) is 25.2 Å². The van der Waals surface area contributed by atoms with Gasteiger partial charge in [-0.3, -0.25) is 4.99 Å². The summed E-state index contributed by atoms with van der Waals surface area (Å²) in [4.78, 5) is 4.28. The van der Waals surface area contributed by atoms with Crippen LogP contribution < -0.4 is 15.4 Å². The van der Waals surface area contributed by atoms with Gasteiger partial charge >= 0.3 is 0 Å². The van der Waals surface area contributed by atoms with Gasteiger partial charge in [-0.2, -0.15) is 0 Å². The van der Waals surface area contributed by atoms with E-state index in [1.807, 2.05) is 24.3 Å². The molecule has 0 unspecified atom stereocenters. The Morgan fingerprint density at radius 2 is 2.00 bits per heavy atom. The van der Waals surface area contributed by atoms with Crippen molar-refractivity contribution in [1.82, 2.24) is 10.6 Å². The van der Waals surface area contributed by atoms with Crippen molar-refractivity contribution in [2.24, 2.45) is 4.99 Å². The van der Waals surface area contributed by atoms with Crippen LogP contribution in [0, 0.1) is 0 Å². The van der Waals surface area contributed by atoms with Crippen LogP contribution in [-0.4, -0.2) is 33.2 Å². The Morgan fingerprint density at radius 3 is 2.64 bits per heavy atom. The zero-order valence-corrected chi connectivity index (χ0v) is 17.7. The molecule has 0 atom stereocenters. The lowest BCUT2D eigenvalue weighted by Crippen LogP contribution is -2.44. The van der Waals surface area contributed by atoms with Gasteiger partial charge in [0.2, 0.25) is 0 Å². The Bertz CT molecular complexity index is 654. The first-order chi connectivity index (χ1) is 11.5. The number of methoxy groups -OCH3 is 1. The average molecular weight is 457 g/mol. The number of nitrogens with zero attached hydrogens (tertiary/aromatic N) is 1. The van der Waals surface area contributed by atoms with Gasteiger partial charge in [-0.1, -0.05) is 26.0 Å². The lowest BCUT2D eigenvalue weighted by atomic mass is 9.84. The largest absolute Gasteiger partial charge is 0.497 e. The Hall–Kier alpha value is -1.70. The number of hydrogen-bond donors (Lipinski definition) is 2. The number of halogens is 1. The topological polar surface area (TPSA) is 58.8 Å². The first-order valence-corrected chi connectivity index (χ1v) is 8.16. The van der Waals surface area contributed by atoms with Crippen molar-refractivity contribution >= 4 is 29.9 Å². The highest BCUT2D eigenvalue weighted by Crippen LogP contribution is 2.25. The summed E-state index contributed by atoms with van der Waals surface area (Å²) in [5.41, 5.74) is 1.17. The zero-order chi connectivity index (χ0) is 17.4. The predicted molar refractivity (Wildman–Crippen MR) is 113 cm³/mol. The molecule has 2 rings (SSSR count). The van der Waals surface area contributed by atoms with Crippen LogP contribution >= 0.6 is 24.0 Å². The van der Waals surface area contributed by atoms with E-state index in [-0.39, 0.29) is 29.4 Å². The number of furan rings is 1. The summed E-state index contributed by atoms with van der Waals surface area (Å²) in [5, 5.41) is 6.70. The molecule has 1 heterocycles. The quantitative estimate of drug-likeness (QED) is 0.379. The second-order valence-corrected chi connectivity index (χ2v) is 6.30. The maximum atomic E-state index is 5.33. The normalized spacial score (nSPS) is 11.6. The van der Waals surface area contributed by atoms with Crippen molar-refractivity contribution in [3.63, 3.8) is 0 Å². The van der Waals surface area contributed by atoms with Crippen molar-refractivity contribution in [3.05, 3.63) is 54.0 Å². The standard InChI is InChI=1S/C19H27N3O2.HI/c1-19(2,15-7-5-8-17(13-15)23-4)14-22-18(20-3)21-11-10-16-9-6-12-24-16;/h5-9,12-13H,10-11,14H2,1-4H3,(H2,20,21,22);1H. The van der Waals surface area contributed by atoms with Crippen LogP contribution in [0.3, 0.4) is 0 Å². The summed E-state index contributed by atoms with van der Waals surface area (Å²) < 4.78 is 10.7. The lowest BCUT2D eigenvalue weighted by molar-refractivity contribution is 0.411. The Kier molecular flexibility index (Phi) is 8.82. The molecule has 0 fully saturated rings. The minimum atomic E-state index is -0.0484. The third-order valence-corrected chi connectivity index (χ3v) is 4.02. The minimum absolute atomic E-state index is 0. The van der Waals surface area contributed by atoms with E-state index in [2.05, 4.69) is 41.6 Å². The van der Waals surface area contributed by atoms with Gasteiger partial charge in [0, 0.05) is 32.0 Å². The monoisotopic (exact) mass is 457 g/mol. The van der Waals surface area contributed by atoms with Crippen molar-refractivity contribution in [1.29, 1.82) is 0 Å². The highest BCUT2D eigenvalue weighted by molar-refractivity contribution is 14.0. The molecule has 0 aliphatic heterocycles. The fraction of sp³-hybridized carbons (Fsp3) is 0.421. The molecule has 0 saturated heterocycles. The summed E-state index contributed by atoms with van der Waals surface area (Å²) in [5.74, 6) is 2.63. The van der Waals surface area contributed by atoms with Crippen molar-refractivity contribution in [2.75, 3.05) is 27.2 Å². The molecule has 0 bridgehead atoms. The number of aliphatic imine (C=N–C) groups is 1. The van der Waals surface area contributed by atoms with E-state index in [4.69, 9.17) is 9.15 Å². The van der Waals surface area contributed by atoms with Gasteiger partial charge in [0.25, 0.3) is 0 Å². The fourth-order valence-electron chi connectivity index (χ4n) is 2.43. The molecular formula is C19H28IN3O2. The van der Waals surface area contributed by atoms with Crippen LogP contribution in [-0.2, 0) is 11.8 Å². The number of ether oxygens (including phenoxy) is 1. The van der Waals surface area contributed by atoms with E-state index in [1.165, 1.54) is 5.56 Å². The molecule has 2 aromatic rings. The highest BCUT2D eigenvalue weighted by Gasteiger charge is 2.21. The van der Waals surface area contributed by atoms with Crippen LogP contribution in [0.4, 0.5) is 0 Å². The molecule has 6 heteroatoms. The van der Waals surface area contributed by atoms with Gasteiger partial charge in [-0.05, 0) is 29.8 Å². The lowest BCUT2D eigenvalue weighted by Gasteiger charge is -2.27. The molecule has 0 spiro atoms. The molecule has 1 aromatic heterocycles. The van der Waals surface area contributed by atoms with Crippen molar-refractivity contribution < 1.29 is 9.15 Å². The van der Waals surface area contributed by atoms with Gasteiger partial charge in [-0.15, -0.1) is 24.0 Å². The van der Waals surface area contributed by atoms with E-state index in [9.17, 15) is 0 Å². The first kappa shape index (κ1) is 21.3. The average Bonchev–Trinajstić information content (AvgIpc) is 3.11.